The van der Waals surface area contributed by atoms with Crippen molar-refractivity contribution in [1.82, 2.24) is 10.2 Å². The first-order valence-electron chi connectivity index (χ1n) is 6.31. The molecule has 1 aliphatic carbocycles. The van der Waals surface area contributed by atoms with Crippen molar-refractivity contribution in [2.24, 2.45) is 0 Å². The summed E-state index contributed by atoms with van der Waals surface area (Å²) in [6, 6.07) is 0. The van der Waals surface area contributed by atoms with Crippen LogP contribution in [0.5, 0.6) is 0 Å². The largest absolute Gasteiger partial charge is 0.385 e. The molecule has 2 fully saturated rings. The van der Waals surface area contributed by atoms with E-state index >= 15 is 0 Å². The Morgan fingerprint density at radius 2 is 2.31 bits per heavy atom. The molecule has 4 heteroatoms. The van der Waals surface area contributed by atoms with E-state index < -0.39 is 0 Å². The second-order valence-corrected chi connectivity index (χ2v) is 4.88. The van der Waals surface area contributed by atoms with Crippen LogP contribution in [0.15, 0.2) is 0 Å². The third-order valence-electron chi connectivity index (χ3n) is 3.55. The van der Waals surface area contributed by atoms with Crippen LogP contribution in [0, 0.1) is 0 Å². The van der Waals surface area contributed by atoms with Gasteiger partial charge in [-0.3, -0.25) is 10.1 Å². The maximum Gasteiger partial charge on any atom is 0.244 e. The molecule has 1 spiro atoms. The lowest BCUT2D eigenvalue weighted by Gasteiger charge is -2.23. The fraction of sp³-hybridized carbons (Fsp3) is 0.917. The van der Waals surface area contributed by atoms with Crippen molar-refractivity contribution in [3.05, 3.63) is 0 Å². The molecule has 2 rings (SSSR count). The average Bonchev–Trinajstić information content (AvgIpc) is 2.99. The van der Waals surface area contributed by atoms with E-state index in [-0.39, 0.29) is 11.7 Å². The summed E-state index contributed by atoms with van der Waals surface area (Å²) >= 11 is 0. The Balaban J connectivity index is 1.93. The van der Waals surface area contributed by atoms with E-state index in [9.17, 15) is 4.79 Å². The van der Waals surface area contributed by atoms with Gasteiger partial charge < -0.3 is 9.64 Å². The molecule has 1 saturated carbocycles. The number of rotatable bonds is 6. The molecular formula is C12H22N2O2. The first-order valence-corrected chi connectivity index (χ1v) is 6.31. The molecule has 1 heterocycles. The molecule has 1 atom stereocenters. The predicted molar refractivity (Wildman–Crippen MR) is 62.0 cm³/mol. The first kappa shape index (κ1) is 11.9. The number of methoxy groups -OCH3 is 1. The number of hydrogen-bond donors (Lipinski definition) is 1. The highest BCUT2D eigenvalue weighted by Crippen LogP contribution is 2.42. The Kier molecular flexibility index (Phi) is 3.50. The Morgan fingerprint density at radius 3 is 2.88 bits per heavy atom. The molecule has 0 aromatic carbocycles. The van der Waals surface area contributed by atoms with Gasteiger partial charge in [-0.25, -0.2) is 0 Å². The zero-order valence-corrected chi connectivity index (χ0v) is 10.3. The van der Waals surface area contributed by atoms with Crippen LogP contribution in [-0.2, 0) is 9.53 Å². The number of nitrogens with one attached hydrogen (secondary N) is 1. The average molecular weight is 226 g/mol. The standard InChI is InChI=1S/C12H22N2O2/c1-3-5-10-13-12(6-7-12)11(15)14(10)8-4-9-16-2/h10,13H,3-9H2,1-2H3. The number of amides is 1. The van der Waals surface area contributed by atoms with Gasteiger partial charge in [0.1, 0.15) is 0 Å². The lowest BCUT2D eigenvalue weighted by molar-refractivity contribution is -0.131. The van der Waals surface area contributed by atoms with Crippen LogP contribution in [0.4, 0.5) is 0 Å². The van der Waals surface area contributed by atoms with Gasteiger partial charge in [-0.2, -0.15) is 0 Å². The van der Waals surface area contributed by atoms with Gasteiger partial charge in [0.25, 0.3) is 0 Å². The van der Waals surface area contributed by atoms with Gasteiger partial charge in [0.15, 0.2) is 0 Å². The normalized spacial score (nSPS) is 26.8. The second-order valence-electron chi connectivity index (χ2n) is 4.88. The van der Waals surface area contributed by atoms with Crippen LogP contribution < -0.4 is 5.32 Å². The summed E-state index contributed by atoms with van der Waals surface area (Å²) in [5.74, 6) is 0.321. The number of carbonyl (C=O) groups is 1. The summed E-state index contributed by atoms with van der Waals surface area (Å²) in [5, 5.41) is 3.50. The summed E-state index contributed by atoms with van der Waals surface area (Å²) in [7, 11) is 1.70. The topological polar surface area (TPSA) is 41.6 Å². The molecule has 1 N–H and O–H groups in total. The monoisotopic (exact) mass is 226 g/mol. The number of carbonyl (C=O) groups excluding carboxylic acids is 1. The van der Waals surface area contributed by atoms with E-state index in [4.69, 9.17) is 4.74 Å². The van der Waals surface area contributed by atoms with Crippen LogP contribution in [0.1, 0.15) is 39.0 Å². The summed E-state index contributed by atoms with van der Waals surface area (Å²) < 4.78 is 5.04. The fourth-order valence-electron chi connectivity index (χ4n) is 2.50. The second kappa shape index (κ2) is 4.72. The molecule has 1 saturated heterocycles. The Bertz CT molecular complexity index is 264. The van der Waals surface area contributed by atoms with E-state index in [0.29, 0.717) is 5.91 Å². The zero-order chi connectivity index (χ0) is 11.6. The molecule has 1 amide bonds. The highest BCUT2D eigenvalue weighted by Gasteiger charge is 2.58. The highest BCUT2D eigenvalue weighted by atomic mass is 16.5. The number of hydrogen-bond acceptors (Lipinski definition) is 3. The molecule has 1 unspecified atom stereocenters. The van der Waals surface area contributed by atoms with Gasteiger partial charge in [-0.05, 0) is 25.7 Å². The van der Waals surface area contributed by atoms with Crippen molar-refractivity contribution >= 4 is 5.91 Å². The number of ether oxygens (including phenoxy) is 1. The van der Waals surface area contributed by atoms with Crippen LogP contribution in [0.25, 0.3) is 0 Å². The van der Waals surface area contributed by atoms with Crippen molar-refractivity contribution in [3.8, 4) is 0 Å². The molecule has 0 radical (unpaired) electrons. The molecular weight excluding hydrogens is 204 g/mol. The van der Waals surface area contributed by atoms with Gasteiger partial charge in [0, 0.05) is 20.3 Å². The summed E-state index contributed by atoms with van der Waals surface area (Å²) in [6.07, 6.45) is 5.40. The van der Waals surface area contributed by atoms with E-state index in [1.54, 1.807) is 7.11 Å². The first-order chi connectivity index (χ1) is 7.73. The summed E-state index contributed by atoms with van der Waals surface area (Å²) in [5.41, 5.74) is -0.160. The Labute approximate surface area is 97.3 Å². The Morgan fingerprint density at radius 1 is 1.56 bits per heavy atom. The van der Waals surface area contributed by atoms with Crippen molar-refractivity contribution in [2.75, 3.05) is 20.3 Å². The van der Waals surface area contributed by atoms with Gasteiger partial charge in [-0.15, -0.1) is 0 Å². The lowest BCUT2D eigenvalue weighted by atomic mass is 10.2. The molecule has 2 aliphatic rings. The van der Waals surface area contributed by atoms with Crippen molar-refractivity contribution < 1.29 is 9.53 Å². The third-order valence-corrected chi connectivity index (χ3v) is 3.55. The maximum absolute atomic E-state index is 12.2. The molecule has 92 valence electrons. The van der Waals surface area contributed by atoms with Gasteiger partial charge in [0.2, 0.25) is 5.91 Å². The molecule has 0 aromatic rings. The minimum atomic E-state index is -0.160. The Hall–Kier alpha value is -0.610. The minimum absolute atomic E-state index is 0.160. The SMILES string of the molecule is CCCC1NC2(CC2)C(=O)N1CCCOC. The fourth-order valence-corrected chi connectivity index (χ4v) is 2.50. The van der Waals surface area contributed by atoms with Crippen LogP contribution >= 0.6 is 0 Å². The molecule has 4 nitrogen and oxygen atoms in total. The molecule has 1 aliphatic heterocycles. The smallest absolute Gasteiger partial charge is 0.244 e. The molecule has 0 bridgehead atoms. The number of nitrogens with zero attached hydrogens (tertiary/aromatic N) is 1. The van der Waals surface area contributed by atoms with Crippen LogP contribution in [0.2, 0.25) is 0 Å². The molecule has 0 aromatic heterocycles. The maximum atomic E-state index is 12.2. The van der Waals surface area contributed by atoms with E-state index in [1.807, 2.05) is 4.90 Å². The van der Waals surface area contributed by atoms with Crippen molar-refractivity contribution in [1.29, 1.82) is 0 Å². The van der Waals surface area contributed by atoms with Gasteiger partial charge in [-0.1, -0.05) is 13.3 Å². The van der Waals surface area contributed by atoms with Crippen LogP contribution in [0.3, 0.4) is 0 Å². The van der Waals surface area contributed by atoms with E-state index in [0.717, 1.165) is 45.3 Å². The third kappa shape index (κ3) is 2.09. The lowest BCUT2D eigenvalue weighted by Crippen LogP contribution is -2.38. The van der Waals surface area contributed by atoms with Crippen molar-refractivity contribution in [2.45, 2.75) is 50.7 Å². The zero-order valence-electron chi connectivity index (χ0n) is 10.3. The van der Waals surface area contributed by atoms with Gasteiger partial charge >= 0.3 is 0 Å². The summed E-state index contributed by atoms with van der Waals surface area (Å²) in [6.45, 7) is 3.72. The minimum Gasteiger partial charge on any atom is -0.385 e. The molecule has 16 heavy (non-hydrogen) atoms. The quantitative estimate of drug-likeness (QED) is 0.690. The van der Waals surface area contributed by atoms with Crippen molar-refractivity contribution in [3.63, 3.8) is 0 Å². The van der Waals surface area contributed by atoms with Gasteiger partial charge in [0.05, 0.1) is 11.7 Å². The van der Waals surface area contributed by atoms with E-state index in [2.05, 4.69) is 12.2 Å². The van der Waals surface area contributed by atoms with E-state index in [1.165, 1.54) is 0 Å². The summed E-state index contributed by atoms with van der Waals surface area (Å²) in [4.78, 5) is 14.2. The predicted octanol–water partition coefficient (Wildman–Crippen LogP) is 1.11. The van der Waals surface area contributed by atoms with Crippen LogP contribution in [-0.4, -0.2) is 42.8 Å². The highest BCUT2D eigenvalue weighted by molar-refractivity contribution is 5.91.